The van der Waals surface area contributed by atoms with Crippen molar-refractivity contribution in [2.45, 2.75) is 18.7 Å². The summed E-state index contributed by atoms with van der Waals surface area (Å²) < 4.78 is 49.1. The van der Waals surface area contributed by atoms with E-state index in [1.165, 1.54) is 44.6 Å². The van der Waals surface area contributed by atoms with E-state index in [2.05, 4.69) is 4.72 Å². The summed E-state index contributed by atoms with van der Waals surface area (Å²) in [5.74, 6) is 0.212. The number of ether oxygens (including phenoxy) is 4. The van der Waals surface area contributed by atoms with Crippen LogP contribution in [0.25, 0.3) is 0 Å². The van der Waals surface area contributed by atoms with Crippen LogP contribution in [0.2, 0.25) is 0 Å². The van der Waals surface area contributed by atoms with Crippen LogP contribution in [0, 0.1) is 0 Å². The predicted octanol–water partition coefficient (Wildman–Crippen LogP) is 3.08. The third kappa shape index (κ3) is 4.86. The zero-order chi connectivity index (χ0) is 20.7. The first-order valence-corrected chi connectivity index (χ1v) is 10.0. The van der Waals surface area contributed by atoms with E-state index in [0.717, 1.165) is 0 Å². The van der Waals surface area contributed by atoms with Gasteiger partial charge in [0.2, 0.25) is 0 Å². The first kappa shape index (κ1) is 21.4. The lowest BCUT2D eigenvalue weighted by Crippen LogP contribution is -2.15. The van der Waals surface area contributed by atoms with Crippen LogP contribution in [0.15, 0.2) is 41.3 Å². The first-order valence-electron chi connectivity index (χ1n) is 8.55. The van der Waals surface area contributed by atoms with Gasteiger partial charge in [0.15, 0.2) is 0 Å². The molecule has 0 heterocycles. The molecule has 0 aliphatic carbocycles. The number of esters is 1. The van der Waals surface area contributed by atoms with Crippen molar-refractivity contribution >= 4 is 21.7 Å². The van der Waals surface area contributed by atoms with E-state index in [9.17, 15) is 13.2 Å². The van der Waals surface area contributed by atoms with Crippen molar-refractivity contribution in [2.24, 2.45) is 0 Å². The average molecular weight is 409 g/mol. The highest BCUT2D eigenvalue weighted by atomic mass is 32.2. The Bertz CT molecular complexity index is 941. The van der Waals surface area contributed by atoms with E-state index in [1.807, 2.05) is 0 Å². The molecule has 0 atom stereocenters. The Morgan fingerprint density at radius 3 is 2.32 bits per heavy atom. The van der Waals surface area contributed by atoms with Gasteiger partial charge >= 0.3 is 5.97 Å². The fourth-order valence-corrected chi connectivity index (χ4v) is 3.67. The molecule has 1 N–H and O–H groups in total. The molecule has 0 amide bonds. The Labute approximate surface area is 164 Å². The number of hydrogen-bond acceptors (Lipinski definition) is 7. The molecule has 0 aromatic heterocycles. The van der Waals surface area contributed by atoms with Crippen molar-refractivity contribution in [2.75, 3.05) is 32.2 Å². The molecule has 8 nitrogen and oxygen atoms in total. The minimum atomic E-state index is -4.02. The molecule has 152 valence electrons. The van der Waals surface area contributed by atoms with Gasteiger partial charge in [0.25, 0.3) is 10.0 Å². The molecule has 0 unspecified atom stereocenters. The first-order chi connectivity index (χ1) is 13.4. The molecular weight excluding hydrogens is 386 g/mol. The van der Waals surface area contributed by atoms with E-state index >= 15 is 0 Å². The molecule has 2 aromatic rings. The summed E-state index contributed by atoms with van der Waals surface area (Å²) in [4.78, 5) is 11.8. The Kier molecular flexibility index (Phi) is 7.11. The third-order valence-corrected chi connectivity index (χ3v) is 5.08. The average Bonchev–Trinajstić information content (AvgIpc) is 2.69. The molecule has 2 rings (SSSR count). The number of rotatable bonds is 9. The maximum absolute atomic E-state index is 12.9. The van der Waals surface area contributed by atoms with Crippen LogP contribution in [0.4, 0.5) is 5.69 Å². The maximum Gasteiger partial charge on any atom is 0.338 e. The third-order valence-electron chi connectivity index (χ3n) is 3.70. The van der Waals surface area contributed by atoms with Gasteiger partial charge in [0.05, 0.1) is 38.7 Å². The number of benzene rings is 2. The maximum atomic E-state index is 12.9. The smallest absolute Gasteiger partial charge is 0.338 e. The van der Waals surface area contributed by atoms with Crippen LogP contribution in [-0.2, 0) is 14.8 Å². The van der Waals surface area contributed by atoms with Gasteiger partial charge in [-0.25, -0.2) is 13.2 Å². The van der Waals surface area contributed by atoms with E-state index in [0.29, 0.717) is 5.75 Å². The number of hydrogen-bond donors (Lipinski definition) is 1. The zero-order valence-corrected chi connectivity index (χ0v) is 17.0. The summed E-state index contributed by atoms with van der Waals surface area (Å²) in [5.41, 5.74) is 0.437. The second-order valence-electron chi connectivity index (χ2n) is 5.49. The van der Waals surface area contributed by atoms with Crippen LogP contribution < -0.4 is 18.9 Å². The van der Waals surface area contributed by atoms with Crippen molar-refractivity contribution in [3.8, 4) is 17.2 Å². The molecule has 0 saturated carbocycles. The summed E-state index contributed by atoms with van der Waals surface area (Å²) in [6.45, 7) is 3.96. The topological polar surface area (TPSA) is 100 Å². The SMILES string of the molecule is CCOC(=O)c1ccc(NS(=O)(=O)c2cc(OC)ccc2OC)c(OCC)c1. The second kappa shape index (κ2) is 9.32. The van der Waals surface area contributed by atoms with E-state index in [-0.39, 0.29) is 40.9 Å². The van der Waals surface area contributed by atoms with Crippen LogP contribution in [0.1, 0.15) is 24.2 Å². The minimum absolute atomic E-state index is 0.0914. The molecular formula is C19H23NO7S. The highest BCUT2D eigenvalue weighted by molar-refractivity contribution is 7.92. The van der Waals surface area contributed by atoms with Crippen molar-refractivity contribution in [3.63, 3.8) is 0 Å². The number of methoxy groups -OCH3 is 2. The minimum Gasteiger partial charge on any atom is -0.497 e. The molecule has 0 fully saturated rings. The van der Waals surface area contributed by atoms with Crippen LogP contribution in [-0.4, -0.2) is 41.8 Å². The molecule has 9 heteroatoms. The monoisotopic (exact) mass is 409 g/mol. The summed E-state index contributed by atoms with van der Waals surface area (Å²) in [7, 11) is -1.21. The molecule has 0 aliphatic heterocycles. The van der Waals surface area contributed by atoms with Gasteiger partial charge in [0, 0.05) is 6.07 Å². The zero-order valence-electron chi connectivity index (χ0n) is 16.1. The van der Waals surface area contributed by atoms with E-state index in [1.54, 1.807) is 19.9 Å². The van der Waals surface area contributed by atoms with Crippen molar-refractivity contribution in [3.05, 3.63) is 42.0 Å². The molecule has 0 radical (unpaired) electrons. The molecule has 0 aliphatic rings. The molecule has 0 saturated heterocycles. The lowest BCUT2D eigenvalue weighted by molar-refractivity contribution is 0.0526. The lowest BCUT2D eigenvalue weighted by atomic mass is 10.2. The standard InChI is InChI=1S/C19H23NO7S/c1-5-26-17-11-13(19(21)27-6-2)7-9-15(17)20-28(22,23)18-12-14(24-3)8-10-16(18)25-4/h7-12,20H,5-6H2,1-4H3. The Morgan fingerprint density at radius 1 is 0.964 bits per heavy atom. The van der Waals surface area contributed by atoms with Gasteiger partial charge in [-0.05, 0) is 44.2 Å². The second-order valence-corrected chi connectivity index (χ2v) is 7.14. The van der Waals surface area contributed by atoms with Crippen LogP contribution in [0.3, 0.4) is 0 Å². The molecule has 2 aromatic carbocycles. The van der Waals surface area contributed by atoms with Gasteiger partial charge in [-0.3, -0.25) is 4.72 Å². The van der Waals surface area contributed by atoms with Gasteiger partial charge in [-0.1, -0.05) is 0 Å². The summed E-state index contributed by atoms with van der Waals surface area (Å²) in [6.07, 6.45) is 0. The van der Waals surface area contributed by atoms with Gasteiger partial charge in [0.1, 0.15) is 22.1 Å². The van der Waals surface area contributed by atoms with Gasteiger partial charge in [-0.2, -0.15) is 0 Å². The highest BCUT2D eigenvalue weighted by Crippen LogP contribution is 2.33. The number of anilines is 1. The Balaban J connectivity index is 2.44. The number of carbonyl (C=O) groups excluding carboxylic acids is 1. The Morgan fingerprint density at radius 2 is 1.71 bits per heavy atom. The normalized spacial score (nSPS) is 10.9. The Hall–Kier alpha value is -2.94. The lowest BCUT2D eigenvalue weighted by Gasteiger charge is -2.16. The molecule has 0 bridgehead atoms. The van der Waals surface area contributed by atoms with Gasteiger partial charge < -0.3 is 18.9 Å². The molecule has 28 heavy (non-hydrogen) atoms. The van der Waals surface area contributed by atoms with Crippen LogP contribution >= 0.6 is 0 Å². The number of sulfonamides is 1. The molecule has 0 spiro atoms. The highest BCUT2D eigenvalue weighted by Gasteiger charge is 2.23. The summed E-state index contributed by atoms with van der Waals surface area (Å²) in [5, 5.41) is 0. The number of carbonyl (C=O) groups is 1. The quantitative estimate of drug-likeness (QED) is 0.635. The predicted molar refractivity (Wildman–Crippen MR) is 104 cm³/mol. The summed E-state index contributed by atoms with van der Waals surface area (Å²) in [6, 6.07) is 8.79. The van der Waals surface area contributed by atoms with Crippen molar-refractivity contribution in [1.82, 2.24) is 0 Å². The summed E-state index contributed by atoms with van der Waals surface area (Å²) >= 11 is 0. The van der Waals surface area contributed by atoms with Crippen molar-refractivity contribution in [1.29, 1.82) is 0 Å². The van der Waals surface area contributed by atoms with Crippen LogP contribution in [0.5, 0.6) is 17.2 Å². The van der Waals surface area contributed by atoms with E-state index < -0.39 is 16.0 Å². The fourth-order valence-electron chi connectivity index (χ4n) is 2.42. The largest absolute Gasteiger partial charge is 0.497 e. The number of nitrogens with one attached hydrogen (secondary N) is 1. The fraction of sp³-hybridized carbons (Fsp3) is 0.316. The van der Waals surface area contributed by atoms with Gasteiger partial charge in [-0.15, -0.1) is 0 Å². The van der Waals surface area contributed by atoms with Crippen molar-refractivity contribution < 1.29 is 32.2 Å². The van der Waals surface area contributed by atoms with E-state index in [4.69, 9.17) is 18.9 Å².